The zero-order valence-corrected chi connectivity index (χ0v) is 17.9. The summed E-state index contributed by atoms with van der Waals surface area (Å²) in [5.74, 6) is 0.237. The molecule has 3 rings (SSSR count). The lowest BCUT2D eigenvalue weighted by Gasteiger charge is -2.36. The minimum absolute atomic E-state index is 0.00453. The highest BCUT2D eigenvalue weighted by Gasteiger charge is 2.26. The van der Waals surface area contributed by atoms with Crippen LogP contribution in [0.1, 0.15) is 59.9 Å². The molecule has 2 heterocycles. The Hall–Kier alpha value is -2.18. The van der Waals surface area contributed by atoms with Gasteiger partial charge in [-0.05, 0) is 48.9 Å². The molecule has 2 aromatic rings. The number of thiophene rings is 1. The van der Waals surface area contributed by atoms with Crippen molar-refractivity contribution >= 4 is 28.2 Å². The van der Waals surface area contributed by atoms with Crippen LogP contribution in [0.2, 0.25) is 0 Å². The van der Waals surface area contributed by atoms with Crippen LogP contribution in [0.5, 0.6) is 0 Å². The molecule has 1 aliphatic heterocycles. The van der Waals surface area contributed by atoms with E-state index in [9.17, 15) is 9.59 Å². The maximum atomic E-state index is 13.0. The maximum absolute atomic E-state index is 13.0. The number of nitrogens with zero attached hydrogens (tertiary/aromatic N) is 2. The van der Waals surface area contributed by atoms with Gasteiger partial charge in [-0.15, -0.1) is 11.3 Å². The highest BCUT2D eigenvalue weighted by molar-refractivity contribution is 7.14. The highest BCUT2D eigenvalue weighted by Crippen LogP contribution is 2.26. The quantitative estimate of drug-likeness (QED) is 0.816. The molecule has 0 spiro atoms. The van der Waals surface area contributed by atoms with Gasteiger partial charge >= 0.3 is 0 Å². The summed E-state index contributed by atoms with van der Waals surface area (Å²) >= 11 is 1.39. The number of carbonyl (C=O) groups excluding carboxylic acids is 2. The molecule has 0 unspecified atom stereocenters. The van der Waals surface area contributed by atoms with Crippen LogP contribution < -0.4 is 5.32 Å². The molecule has 1 aromatic heterocycles. The molecule has 1 N–H and O–H groups in total. The molecule has 28 heavy (non-hydrogen) atoms. The van der Waals surface area contributed by atoms with Gasteiger partial charge in [0.1, 0.15) is 5.00 Å². The monoisotopic (exact) mass is 399 g/mol. The van der Waals surface area contributed by atoms with Crippen molar-refractivity contribution in [2.24, 2.45) is 0 Å². The molecule has 1 aromatic carbocycles. The van der Waals surface area contributed by atoms with Gasteiger partial charge in [-0.3, -0.25) is 14.5 Å². The van der Waals surface area contributed by atoms with Crippen LogP contribution in [0.25, 0.3) is 0 Å². The first-order valence-electron chi connectivity index (χ1n) is 9.89. The summed E-state index contributed by atoms with van der Waals surface area (Å²) in [6.07, 6.45) is 0. The smallest absolute Gasteiger partial charge is 0.256 e. The number of carbonyl (C=O) groups is 2. The Morgan fingerprint density at radius 1 is 0.964 bits per heavy atom. The number of hydrogen-bond donors (Lipinski definition) is 1. The normalized spacial score (nSPS) is 15.3. The molecule has 6 heteroatoms. The van der Waals surface area contributed by atoms with Crippen molar-refractivity contribution in [3.05, 3.63) is 52.4 Å². The number of hydrogen-bond acceptors (Lipinski definition) is 4. The number of benzene rings is 1. The van der Waals surface area contributed by atoms with E-state index in [2.05, 4.69) is 37.9 Å². The van der Waals surface area contributed by atoms with E-state index in [0.29, 0.717) is 28.1 Å². The Labute approximate surface area is 171 Å². The Bertz CT molecular complexity index is 819. The minimum atomic E-state index is -0.184. The van der Waals surface area contributed by atoms with Gasteiger partial charge in [-0.25, -0.2) is 0 Å². The number of amides is 2. The fraction of sp³-hybridized carbons (Fsp3) is 0.455. The Morgan fingerprint density at radius 2 is 1.61 bits per heavy atom. The van der Waals surface area contributed by atoms with Gasteiger partial charge < -0.3 is 10.2 Å². The zero-order chi connectivity index (χ0) is 20.3. The van der Waals surface area contributed by atoms with Gasteiger partial charge in [0.15, 0.2) is 0 Å². The predicted molar refractivity (Wildman–Crippen MR) is 115 cm³/mol. The molecule has 0 saturated carbocycles. The molecule has 0 aliphatic carbocycles. The first kappa shape index (κ1) is 20.6. The molecule has 1 aliphatic rings. The second kappa shape index (κ2) is 8.88. The van der Waals surface area contributed by atoms with Crippen LogP contribution in [0.4, 0.5) is 5.00 Å². The van der Waals surface area contributed by atoms with E-state index in [1.807, 2.05) is 34.5 Å². The number of nitrogens with one attached hydrogen (secondary N) is 1. The summed E-state index contributed by atoms with van der Waals surface area (Å²) in [7, 11) is 0. The SMILES string of the molecule is CC(C)c1ccc(C(=O)Nc2sccc2C(=O)N2CCN(C(C)C)CC2)cc1. The molecular formula is C22H29N3O2S. The van der Waals surface area contributed by atoms with Crippen LogP contribution in [0.15, 0.2) is 35.7 Å². The molecule has 2 amide bonds. The summed E-state index contributed by atoms with van der Waals surface area (Å²) < 4.78 is 0. The molecule has 0 bridgehead atoms. The number of piperazine rings is 1. The first-order chi connectivity index (χ1) is 13.4. The van der Waals surface area contributed by atoms with E-state index in [1.54, 1.807) is 6.07 Å². The predicted octanol–water partition coefficient (Wildman–Crippen LogP) is 4.29. The molecule has 1 saturated heterocycles. The van der Waals surface area contributed by atoms with Crippen molar-refractivity contribution in [2.75, 3.05) is 31.5 Å². The van der Waals surface area contributed by atoms with Crippen LogP contribution in [0, 0.1) is 0 Å². The van der Waals surface area contributed by atoms with E-state index >= 15 is 0 Å². The summed E-state index contributed by atoms with van der Waals surface area (Å²) in [4.78, 5) is 29.8. The van der Waals surface area contributed by atoms with E-state index in [1.165, 1.54) is 16.9 Å². The fourth-order valence-electron chi connectivity index (χ4n) is 3.38. The molecular weight excluding hydrogens is 370 g/mol. The molecule has 5 nitrogen and oxygen atoms in total. The van der Waals surface area contributed by atoms with Crippen LogP contribution in [0.3, 0.4) is 0 Å². The van der Waals surface area contributed by atoms with Crippen LogP contribution in [-0.4, -0.2) is 53.8 Å². The van der Waals surface area contributed by atoms with Crippen molar-refractivity contribution in [1.82, 2.24) is 9.80 Å². The van der Waals surface area contributed by atoms with E-state index in [4.69, 9.17) is 0 Å². The first-order valence-corrected chi connectivity index (χ1v) is 10.8. The molecule has 0 radical (unpaired) electrons. The molecule has 150 valence electrons. The van der Waals surface area contributed by atoms with Crippen molar-refractivity contribution in [1.29, 1.82) is 0 Å². The third kappa shape index (κ3) is 4.62. The average Bonchev–Trinajstić information content (AvgIpc) is 3.15. The maximum Gasteiger partial charge on any atom is 0.256 e. The lowest BCUT2D eigenvalue weighted by atomic mass is 10.0. The lowest BCUT2D eigenvalue weighted by molar-refractivity contribution is 0.0597. The molecule has 0 atom stereocenters. The highest BCUT2D eigenvalue weighted by atomic mass is 32.1. The summed E-state index contributed by atoms with van der Waals surface area (Å²) in [5, 5.41) is 5.40. The van der Waals surface area contributed by atoms with Gasteiger partial charge in [0.05, 0.1) is 5.56 Å². The van der Waals surface area contributed by atoms with Gasteiger partial charge in [0.25, 0.3) is 11.8 Å². The third-order valence-corrected chi connectivity index (χ3v) is 6.12. The number of rotatable bonds is 5. The Balaban J connectivity index is 1.66. The third-order valence-electron chi connectivity index (χ3n) is 5.29. The van der Waals surface area contributed by atoms with Crippen LogP contribution >= 0.6 is 11.3 Å². The second-order valence-corrected chi connectivity index (χ2v) is 8.73. The topological polar surface area (TPSA) is 52.7 Å². The standard InChI is InChI=1S/C22H29N3O2S/c1-15(2)17-5-7-18(8-6-17)20(26)23-21-19(9-14-28-21)22(27)25-12-10-24(11-13-25)16(3)4/h5-9,14-16H,10-13H2,1-4H3,(H,23,26). The van der Waals surface area contributed by atoms with Gasteiger partial charge in [-0.1, -0.05) is 26.0 Å². The van der Waals surface area contributed by atoms with Crippen molar-refractivity contribution in [3.8, 4) is 0 Å². The lowest BCUT2D eigenvalue weighted by Crippen LogP contribution is -2.50. The number of anilines is 1. The second-order valence-electron chi connectivity index (χ2n) is 7.82. The largest absolute Gasteiger partial charge is 0.336 e. The van der Waals surface area contributed by atoms with E-state index in [0.717, 1.165) is 26.2 Å². The van der Waals surface area contributed by atoms with Gasteiger partial charge in [0.2, 0.25) is 0 Å². The molecule has 1 fully saturated rings. The fourth-order valence-corrected chi connectivity index (χ4v) is 4.16. The summed E-state index contributed by atoms with van der Waals surface area (Å²) in [6.45, 7) is 11.8. The van der Waals surface area contributed by atoms with Crippen molar-refractivity contribution < 1.29 is 9.59 Å². The summed E-state index contributed by atoms with van der Waals surface area (Å²) in [6, 6.07) is 9.94. The minimum Gasteiger partial charge on any atom is -0.336 e. The van der Waals surface area contributed by atoms with Crippen LogP contribution in [-0.2, 0) is 0 Å². The Morgan fingerprint density at radius 3 is 2.18 bits per heavy atom. The van der Waals surface area contributed by atoms with E-state index < -0.39 is 0 Å². The summed E-state index contributed by atoms with van der Waals surface area (Å²) in [5.41, 5.74) is 2.38. The zero-order valence-electron chi connectivity index (χ0n) is 17.1. The van der Waals surface area contributed by atoms with Gasteiger partial charge in [0, 0.05) is 37.8 Å². The average molecular weight is 400 g/mol. The van der Waals surface area contributed by atoms with Crippen molar-refractivity contribution in [2.45, 2.75) is 39.7 Å². The van der Waals surface area contributed by atoms with E-state index in [-0.39, 0.29) is 11.8 Å². The van der Waals surface area contributed by atoms with Crippen molar-refractivity contribution in [3.63, 3.8) is 0 Å². The van der Waals surface area contributed by atoms with Gasteiger partial charge in [-0.2, -0.15) is 0 Å². The Kier molecular flexibility index (Phi) is 6.52.